The minimum absolute atomic E-state index is 0.112. The van der Waals surface area contributed by atoms with Crippen molar-refractivity contribution in [3.05, 3.63) is 83.8 Å². The molecule has 2 aromatic carbocycles. The molecule has 6 nitrogen and oxygen atoms in total. The van der Waals surface area contributed by atoms with Crippen LogP contribution in [0.2, 0.25) is 0 Å². The van der Waals surface area contributed by atoms with Gasteiger partial charge in [-0.15, -0.1) is 0 Å². The number of hydrazone groups is 1. The lowest BCUT2D eigenvalue weighted by Gasteiger charge is -2.33. The molecule has 0 spiro atoms. The van der Waals surface area contributed by atoms with Gasteiger partial charge < -0.3 is 14.8 Å². The summed E-state index contributed by atoms with van der Waals surface area (Å²) in [6.45, 7) is 1.75. The van der Waals surface area contributed by atoms with Gasteiger partial charge in [-0.1, -0.05) is 24.3 Å². The SMILES string of the molecule is C/C(=N/N1C(=O)c2ccccc2N[C@H]1c1ccco1)c1ccccc1O. The van der Waals surface area contributed by atoms with Crippen molar-refractivity contribution in [2.45, 2.75) is 13.1 Å². The molecule has 1 atom stereocenters. The fraction of sp³-hybridized carbons (Fsp3) is 0.100. The summed E-state index contributed by atoms with van der Waals surface area (Å²) in [5.74, 6) is 0.443. The van der Waals surface area contributed by atoms with Crippen molar-refractivity contribution in [1.29, 1.82) is 0 Å². The van der Waals surface area contributed by atoms with E-state index in [1.165, 1.54) is 5.01 Å². The second-order valence-corrected chi connectivity index (χ2v) is 5.96. The van der Waals surface area contributed by atoms with Crippen LogP contribution in [0.5, 0.6) is 5.75 Å². The van der Waals surface area contributed by atoms with E-state index in [-0.39, 0.29) is 11.7 Å². The van der Waals surface area contributed by atoms with Crippen molar-refractivity contribution in [2.24, 2.45) is 5.10 Å². The normalized spacial score (nSPS) is 17.0. The van der Waals surface area contributed by atoms with Gasteiger partial charge in [-0.05, 0) is 43.3 Å². The zero-order valence-electron chi connectivity index (χ0n) is 14.1. The second kappa shape index (κ2) is 6.40. The first-order chi connectivity index (χ1) is 12.6. The number of hydrogen-bond acceptors (Lipinski definition) is 5. The standard InChI is InChI=1S/C20H17N3O3/c1-13(14-7-3-5-10-17(14)24)22-23-19(18-11-6-12-26-18)21-16-9-4-2-8-15(16)20(23)25/h2-12,19,21,24H,1H3/b22-13-/t19-/m1/s1. The number of amides is 1. The fourth-order valence-corrected chi connectivity index (χ4v) is 2.98. The summed E-state index contributed by atoms with van der Waals surface area (Å²) in [5.41, 5.74) is 2.35. The van der Waals surface area contributed by atoms with Crippen molar-refractivity contribution < 1.29 is 14.3 Å². The Morgan fingerprint density at radius 1 is 1.12 bits per heavy atom. The van der Waals surface area contributed by atoms with E-state index in [2.05, 4.69) is 10.4 Å². The number of aromatic hydroxyl groups is 1. The van der Waals surface area contributed by atoms with Gasteiger partial charge in [0.25, 0.3) is 5.91 Å². The average molecular weight is 347 g/mol. The number of carbonyl (C=O) groups is 1. The lowest BCUT2D eigenvalue weighted by atomic mass is 10.1. The molecule has 2 N–H and O–H groups in total. The van der Waals surface area contributed by atoms with E-state index in [1.807, 2.05) is 24.3 Å². The van der Waals surface area contributed by atoms with E-state index in [9.17, 15) is 9.90 Å². The highest BCUT2D eigenvalue weighted by molar-refractivity contribution is 6.05. The molecule has 0 fully saturated rings. The quantitative estimate of drug-likeness (QED) is 0.703. The minimum Gasteiger partial charge on any atom is -0.507 e. The van der Waals surface area contributed by atoms with E-state index < -0.39 is 6.17 Å². The summed E-state index contributed by atoms with van der Waals surface area (Å²) >= 11 is 0. The third-order valence-electron chi connectivity index (χ3n) is 4.27. The van der Waals surface area contributed by atoms with Crippen LogP contribution in [0.25, 0.3) is 0 Å². The molecule has 0 saturated heterocycles. The summed E-state index contributed by atoms with van der Waals surface area (Å²) in [7, 11) is 0. The first kappa shape index (κ1) is 16.0. The molecule has 0 saturated carbocycles. The van der Waals surface area contributed by atoms with Gasteiger partial charge in [0.15, 0.2) is 6.17 Å². The van der Waals surface area contributed by atoms with Gasteiger partial charge >= 0.3 is 0 Å². The van der Waals surface area contributed by atoms with Crippen LogP contribution in [-0.2, 0) is 0 Å². The summed E-state index contributed by atoms with van der Waals surface area (Å²) in [4.78, 5) is 13.0. The van der Waals surface area contributed by atoms with Crippen LogP contribution in [0, 0.1) is 0 Å². The van der Waals surface area contributed by atoms with Gasteiger partial charge in [0.1, 0.15) is 11.5 Å². The van der Waals surface area contributed by atoms with E-state index >= 15 is 0 Å². The van der Waals surface area contributed by atoms with Crippen LogP contribution < -0.4 is 5.32 Å². The molecule has 0 aliphatic carbocycles. The highest BCUT2D eigenvalue weighted by Gasteiger charge is 2.34. The first-order valence-corrected chi connectivity index (χ1v) is 8.21. The maximum atomic E-state index is 13.0. The predicted molar refractivity (Wildman–Crippen MR) is 98.0 cm³/mol. The maximum absolute atomic E-state index is 13.0. The third-order valence-corrected chi connectivity index (χ3v) is 4.27. The Kier molecular flexibility index (Phi) is 3.93. The Hall–Kier alpha value is -3.54. The number of anilines is 1. The van der Waals surface area contributed by atoms with Gasteiger partial charge in [0, 0.05) is 11.3 Å². The molecule has 1 aliphatic heterocycles. The van der Waals surface area contributed by atoms with E-state index in [1.54, 1.807) is 49.6 Å². The smallest absolute Gasteiger partial charge is 0.278 e. The summed E-state index contributed by atoms with van der Waals surface area (Å²) in [5, 5.41) is 19.2. The molecular formula is C20H17N3O3. The molecule has 26 heavy (non-hydrogen) atoms. The number of benzene rings is 2. The zero-order chi connectivity index (χ0) is 18.1. The van der Waals surface area contributed by atoms with Crippen molar-refractivity contribution >= 4 is 17.3 Å². The lowest BCUT2D eigenvalue weighted by Crippen LogP contribution is -2.40. The van der Waals surface area contributed by atoms with E-state index in [4.69, 9.17) is 4.42 Å². The minimum atomic E-state index is -0.576. The Morgan fingerprint density at radius 3 is 2.65 bits per heavy atom. The van der Waals surface area contributed by atoms with Crippen molar-refractivity contribution in [1.82, 2.24) is 5.01 Å². The van der Waals surface area contributed by atoms with Gasteiger partial charge in [0.2, 0.25) is 0 Å². The van der Waals surface area contributed by atoms with Crippen LogP contribution >= 0.6 is 0 Å². The summed E-state index contributed by atoms with van der Waals surface area (Å²) < 4.78 is 5.50. The van der Waals surface area contributed by atoms with Gasteiger partial charge in [-0.2, -0.15) is 10.1 Å². The second-order valence-electron chi connectivity index (χ2n) is 5.96. The van der Waals surface area contributed by atoms with Crippen LogP contribution in [0.15, 0.2) is 76.4 Å². The zero-order valence-corrected chi connectivity index (χ0v) is 14.1. The number of para-hydroxylation sites is 2. The molecule has 3 aromatic rings. The van der Waals surface area contributed by atoms with Crippen molar-refractivity contribution in [2.75, 3.05) is 5.32 Å². The number of hydrogen-bond donors (Lipinski definition) is 2. The number of phenolic OH excluding ortho intramolecular Hbond substituents is 1. The van der Waals surface area contributed by atoms with Gasteiger partial charge in [0.05, 0.1) is 17.5 Å². The number of nitrogens with zero attached hydrogens (tertiary/aromatic N) is 2. The topological polar surface area (TPSA) is 78.1 Å². The molecule has 1 aromatic heterocycles. The molecule has 1 aliphatic rings. The van der Waals surface area contributed by atoms with Crippen LogP contribution in [0.1, 0.15) is 34.8 Å². The number of carbonyl (C=O) groups excluding carboxylic acids is 1. The van der Waals surface area contributed by atoms with Gasteiger partial charge in [-0.3, -0.25) is 4.79 Å². The Bertz CT molecular complexity index is 979. The Morgan fingerprint density at radius 2 is 1.88 bits per heavy atom. The van der Waals surface area contributed by atoms with Crippen molar-refractivity contribution in [3.8, 4) is 5.75 Å². The number of fused-ring (bicyclic) bond motifs is 1. The third kappa shape index (κ3) is 2.71. The molecule has 0 unspecified atom stereocenters. The Labute approximate surface area is 150 Å². The van der Waals surface area contributed by atoms with E-state index in [0.717, 1.165) is 5.69 Å². The van der Waals surface area contributed by atoms with Crippen LogP contribution in [0.3, 0.4) is 0 Å². The van der Waals surface area contributed by atoms with Gasteiger partial charge in [-0.25, -0.2) is 0 Å². The highest BCUT2D eigenvalue weighted by Crippen LogP contribution is 2.34. The molecule has 6 heteroatoms. The fourth-order valence-electron chi connectivity index (χ4n) is 2.98. The number of nitrogens with one attached hydrogen (secondary N) is 1. The van der Waals surface area contributed by atoms with Crippen LogP contribution in [0.4, 0.5) is 5.69 Å². The monoisotopic (exact) mass is 347 g/mol. The van der Waals surface area contributed by atoms with Crippen molar-refractivity contribution in [3.63, 3.8) is 0 Å². The molecule has 0 radical (unpaired) electrons. The maximum Gasteiger partial charge on any atom is 0.278 e. The molecule has 130 valence electrons. The molecule has 1 amide bonds. The first-order valence-electron chi connectivity index (χ1n) is 8.21. The highest BCUT2D eigenvalue weighted by atomic mass is 16.3. The summed E-state index contributed by atoms with van der Waals surface area (Å²) in [6, 6.07) is 17.7. The Balaban J connectivity index is 1.80. The molecule has 0 bridgehead atoms. The molecule has 2 heterocycles. The molecular weight excluding hydrogens is 330 g/mol. The van der Waals surface area contributed by atoms with E-state index in [0.29, 0.717) is 22.6 Å². The number of phenols is 1. The van der Waals surface area contributed by atoms with Crippen LogP contribution in [-0.4, -0.2) is 21.7 Å². The number of rotatable bonds is 3. The predicted octanol–water partition coefficient (Wildman–Crippen LogP) is 3.98. The molecule has 4 rings (SSSR count). The largest absolute Gasteiger partial charge is 0.507 e. The number of furan rings is 1. The lowest BCUT2D eigenvalue weighted by molar-refractivity contribution is 0.0670. The average Bonchev–Trinajstić information content (AvgIpc) is 3.18. The summed E-state index contributed by atoms with van der Waals surface area (Å²) in [6.07, 6.45) is 0.980.